The van der Waals surface area contributed by atoms with Crippen molar-refractivity contribution >= 4 is 21.9 Å². The largest absolute Gasteiger partial charge is 0.452 e. The summed E-state index contributed by atoms with van der Waals surface area (Å²) in [6.07, 6.45) is 1.96. The fourth-order valence-electron chi connectivity index (χ4n) is 3.16. The number of hydrogen-bond donors (Lipinski definition) is 0. The molecular weight excluding hydrogens is 303 g/mol. The van der Waals surface area contributed by atoms with E-state index in [1.165, 1.54) is 6.07 Å². The molecule has 2 aromatic heterocycles. The molecule has 0 radical (unpaired) electrons. The Morgan fingerprint density at radius 3 is 2.54 bits per heavy atom. The summed E-state index contributed by atoms with van der Waals surface area (Å²) in [5.74, 6) is -0.604. The first-order chi connectivity index (χ1) is 11.6. The third-order valence-electron chi connectivity index (χ3n) is 4.39. The molecule has 0 spiro atoms. The average molecular weight is 317 g/mol. The molecule has 0 N–H and O–H groups in total. The Morgan fingerprint density at radius 2 is 1.79 bits per heavy atom. The lowest BCUT2D eigenvalue weighted by Crippen LogP contribution is -2.30. The van der Waals surface area contributed by atoms with E-state index in [0.29, 0.717) is 11.0 Å². The number of aromatic nitrogens is 1. The van der Waals surface area contributed by atoms with E-state index in [-0.39, 0.29) is 11.1 Å². The molecule has 0 aliphatic heterocycles. The zero-order valence-electron chi connectivity index (χ0n) is 13.3. The minimum Gasteiger partial charge on any atom is -0.452 e. The fraction of sp³-hybridized carbons (Fsp3) is 0.100. The first-order valence-electron chi connectivity index (χ1n) is 7.61. The molecule has 0 atom stereocenters. The molecule has 0 fully saturated rings. The molecule has 3 nitrogen and oxygen atoms in total. The lowest BCUT2D eigenvalue weighted by atomic mass is 10.0. The molecular formula is C20H14FN2O+. The molecule has 0 aliphatic carbocycles. The van der Waals surface area contributed by atoms with Gasteiger partial charge in [0.1, 0.15) is 18.7 Å². The van der Waals surface area contributed by atoms with Gasteiger partial charge in [0, 0.05) is 22.9 Å². The number of hydrogen-bond acceptors (Lipinski definition) is 2. The second-order valence-electron chi connectivity index (χ2n) is 5.85. The van der Waals surface area contributed by atoms with E-state index in [0.717, 1.165) is 22.2 Å². The zero-order valence-corrected chi connectivity index (χ0v) is 13.3. The number of benzene rings is 2. The third-order valence-corrected chi connectivity index (χ3v) is 4.39. The summed E-state index contributed by atoms with van der Waals surface area (Å²) >= 11 is 0. The lowest BCUT2D eigenvalue weighted by Gasteiger charge is -2.04. The number of halogens is 1. The van der Waals surface area contributed by atoms with Crippen molar-refractivity contribution in [2.24, 2.45) is 7.05 Å². The van der Waals surface area contributed by atoms with E-state index >= 15 is 0 Å². The number of pyridine rings is 1. The van der Waals surface area contributed by atoms with Crippen LogP contribution in [0.15, 0.2) is 53.1 Å². The Labute approximate surface area is 138 Å². The first kappa shape index (κ1) is 14.4. The second-order valence-corrected chi connectivity index (χ2v) is 5.85. The fourth-order valence-corrected chi connectivity index (χ4v) is 3.16. The van der Waals surface area contributed by atoms with Gasteiger partial charge in [0.05, 0.1) is 11.1 Å². The van der Waals surface area contributed by atoms with E-state index in [1.807, 2.05) is 61.1 Å². The van der Waals surface area contributed by atoms with Gasteiger partial charge in [0.2, 0.25) is 5.69 Å². The van der Waals surface area contributed by atoms with Crippen LogP contribution in [0.4, 0.5) is 4.39 Å². The number of rotatable bonds is 1. The van der Waals surface area contributed by atoms with Gasteiger partial charge in [-0.3, -0.25) is 0 Å². The van der Waals surface area contributed by atoms with Crippen LogP contribution in [0.25, 0.3) is 33.2 Å². The van der Waals surface area contributed by atoms with Crippen LogP contribution in [0, 0.1) is 24.1 Å². The number of furan rings is 1. The van der Waals surface area contributed by atoms with Gasteiger partial charge in [-0.2, -0.15) is 5.26 Å². The van der Waals surface area contributed by atoms with Crippen molar-refractivity contribution in [1.29, 1.82) is 5.26 Å². The van der Waals surface area contributed by atoms with Crippen LogP contribution in [0.2, 0.25) is 0 Å². The van der Waals surface area contributed by atoms with Crippen LogP contribution < -0.4 is 4.57 Å². The highest BCUT2D eigenvalue weighted by Gasteiger charge is 2.22. The van der Waals surface area contributed by atoms with Crippen molar-refractivity contribution in [3.63, 3.8) is 0 Å². The van der Waals surface area contributed by atoms with E-state index < -0.39 is 5.82 Å². The summed E-state index contributed by atoms with van der Waals surface area (Å²) in [5.41, 5.74) is 3.73. The minimum absolute atomic E-state index is 0.00917. The quantitative estimate of drug-likeness (QED) is 0.488. The molecule has 0 aliphatic rings. The standard InChI is InChI=1S/C20H14FN2O/c1-12-6-8-14-15-9-7-13(11-22)18(21)20(15)24-19(14)17(12)16-5-3-4-10-23(16)2/h3-10H,1-2H3/q+1. The van der Waals surface area contributed by atoms with Crippen LogP contribution in [0.1, 0.15) is 11.1 Å². The van der Waals surface area contributed by atoms with Crippen molar-refractivity contribution in [2.45, 2.75) is 6.92 Å². The van der Waals surface area contributed by atoms with Gasteiger partial charge in [0.25, 0.3) is 0 Å². The predicted molar refractivity (Wildman–Crippen MR) is 89.7 cm³/mol. The summed E-state index contributed by atoms with van der Waals surface area (Å²) in [5, 5.41) is 10.6. The van der Waals surface area contributed by atoms with Crippen molar-refractivity contribution in [1.82, 2.24) is 0 Å². The molecule has 2 heterocycles. The maximum Gasteiger partial charge on any atom is 0.216 e. The summed E-state index contributed by atoms with van der Waals surface area (Å²) in [7, 11) is 1.96. The molecule has 0 amide bonds. The molecule has 2 aromatic carbocycles. The van der Waals surface area contributed by atoms with Gasteiger partial charge in [-0.25, -0.2) is 8.96 Å². The zero-order chi connectivity index (χ0) is 16.8. The maximum absolute atomic E-state index is 14.5. The second kappa shape index (κ2) is 5.17. The lowest BCUT2D eigenvalue weighted by molar-refractivity contribution is -0.660. The van der Waals surface area contributed by atoms with Crippen LogP contribution in [-0.2, 0) is 7.05 Å². The van der Waals surface area contributed by atoms with Crippen molar-refractivity contribution in [3.05, 3.63) is 65.6 Å². The van der Waals surface area contributed by atoms with Gasteiger partial charge >= 0.3 is 0 Å². The molecule has 4 rings (SSSR count). The number of aryl methyl sites for hydroxylation is 2. The Bertz CT molecular complexity index is 1150. The monoisotopic (exact) mass is 317 g/mol. The van der Waals surface area contributed by atoms with E-state index in [1.54, 1.807) is 6.07 Å². The van der Waals surface area contributed by atoms with Crippen molar-refractivity contribution in [2.75, 3.05) is 0 Å². The van der Waals surface area contributed by atoms with Crippen molar-refractivity contribution in [3.8, 4) is 17.3 Å². The summed E-state index contributed by atoms with van der Waals surface area (Å²) in [6.45, 7) is 2.01. The SMILES string of the molecule is Cc1ccc2c(oc3c(F)c(C#N)ccc32)c1-c1cccc[n+]1C. The highest BCUT2D eigenvalue weighted by Crippen LogP contribution is 2.38. The number of nitrogens with zero attached hydrogens (tertiary/aromatic N) is 2. The first-order valence-corrected chi connectivity index (χ1v) is 7.61. The maximum atomic E-state index is 14.5. The Kier molecular flexibility index (Phi) is 3.10. The molecule has 0 saturated heterocycles. The highest BCUT2D eigenvalue weighted by molar-refractivity contribution is 6.10. The van der Waals surface area contributed by atoms with Gasteiger partial charge in [0.15, 0.2) is 17.6 Å². The van der Waals surface area contributed by atoms with E-state index in [4.69, 9.17) is 9.68 Å². The minimum atomic E-state index is -0.604. The van der Waals surface area contributed by atoms with Crippen LogP contribution in [0.3, 0.4) is 0 Å². The normalized spacial score (nSPS) is 11.1. The molecule has 0 saturated carbocycles. The van der Waals surface area contributed by atoms with E-state index in [9.17, 15) is 4.39 Å². The average Bonchev–Trinajstić information content (AvgIpc) is 2.96. The Balaban J connectivity index is 2.17. The number of nitriles is 1. The summed E-state index contributed by atoms with van der Waals surface area (Å²) in [4.78, 5) is 0. The predicted octanol–water partition coefficient (Wildman–Crippen LogP) is 4.40. The molecule has 24 heavy (non-hydrogen) atoms. The third kappa shape index (κ3) is 1.92. The molecule has 4 heteroatoms. The summed E-state index contributed by atoms with van der Waals surface area (Å²) < 4.78 is 22.4. The van der Waals surface area contributed by atoms with Crippen LogP contribution in [0.5, 0.6) is 0 Å². The van der Waals surface area contributed by atoms with Gasteiger partial charge in [-0.05, 0) is 30.7 Å². The smallest absolute Gasteiger partial charge is 0.216 e. The molecule has 0 bridgehead atoms. The van der Waals surface area contributed by atoms with Crippen molar-refractivity contribution < 1.29 is 13.4 Å². The number of fused-ring (bicyclic) bond motifs is 3. The van der Waals surface area contributed by atoms with E-state index in [2.05, 4.69) is 0 Å². The molecule has 116 valence electrons. The summed E-state index contributed by atoms with van der Waals surface area (Å²) in [6, 6.07) is 15.0. The highest BCUT2D eigenvalue weighted by atomic mass is 19.1. The molecule has 4 aromatic rings. The van der Waals surface area contributed by atoms with Crippen LogP contribution in [-0.4, -0.2) is 0 Å². The van der Waals surface area contributed by atoms with Gasteiger partial charge in [-0.15, -0.1) is 0 Å². The van der Waals surface area contributed by atoms with Gasteiger partial charge < -0.3 is 4.42 Å². The molecule has 0 unspecified atom stereocenters. The topological polar surface area (TPSA) is 40.8 Å². The van der Waals surface area contributed by atoms with Gasteiger partial charge in [-0.1, -0.05) is 12.1 Å². The Morgan fingerprint density at radius 1 is 1.04 bits per heavy atom. The van der Waals surface area contributed by atoms with Crippen LogP contribution >= 0.6 is 0 Å². The Hall–Kier alpha value is -3.19.